The number of fused-ring (bicyclic) bond motifs is 1. The number of nitriles is 1. The van der Waals surface area contributed by atoms with E-state index in [2.05, 4.69) is 28.8 Å². The highest BCUT2D eigenvalue weighted by Gasteiger charge is 2.13. The minimum atomic E-state index is 0.759. The molecule has 0 unspecified atom stereocenters. The lowest BCUT2D eigenvalue weighted by Crippen LogP contribution is -1.96. The van der Waals surface area contributed by atoms with Crippen LogP contribution in [0.2, 0.25) is 0 Å². The molecular formula is C16H12N2. The second-order valence-electron chi connectivity index (χ2n) is 4.26. The summed E-state index contributed by atoms with van der Waals surface area (Å²) in [6.45, 7) is 1.99. The smallest absolute Gasteiger partial charge is 0.102 e. The van der Waals surface area contributed by atoms with Crippen LogP contribution in [0.4, 0.5) is 0 Å². The van der Waals surface area contributed by atoms with Gasteiger partial charge in [0.2, 0.25) is 0 Å². The highest BCUT2D eigenvalue weighted by Crippen LogP contribution is 2.28. The molecule has 0 aliphatic carbocycles. The lowest BCUT2D eigenvalue weighted by Gasteiger charge is -2.07. The summed E-state index contributed by atoms with van der Waals surface area (Å²) in [5, 5.41) is 10.3. The van der Waals surface area contributed by atoms with E-state index in [0.29, 0.717) is 0 Å². The van der Waals surface area contributed by atoms with Crippen molar-refractivity contribution in [2.75, 3.05) is 0 Å². The molecule has 2 aromatic carbocycles. The van der Waals surface area contributed by atoms with Crippen molar-refractivity contribution in [3.63, 3.8) is 0 Å². The Morgan fingerprint density at radius 1 is 0.944 bits per heavy atom. The van der Waals surface area contributed by atoms with Crippen LogP contribution in [0.1, 0.15) is 11.3 Å². The third-order valence-electron chi connectivity index (χ3n) is 3.24. The lowest BCUT2D eigenvalue weighted by atomic mass is 10.1. The first-order valence-electron chi connectivity index (χ1n) is 5.88. The molecule has 86 valence electrons. The number of nitrogens with zero attached hydrogens (tertiary/aromatic N) is 2. The van der Waals surface area contributed by atoms with Gasteiger partial charge < -0.3 is 4.57 Å². The first-order chi connectivity index (χ1) is 8.83. The van der Waals surface area contributed by atoms with Gasteiger partial charge in [-0.2, -0.15) is 5.26 Å². The van der Waals surface area contributed by atoms with E-state index >= 15 is 0 Å². The topological polar surface area (TPSA) is 28.7 Å². The average Bonchev–Trinajstić information content (AvgIpc) is 2.71. The molecule has 0 bridgehead atoms. The maximum atomic E-state index is 9.31. The van der Waals surface area contributed by atoms with Crippen molar-refractivity contribution in [3.8, 4) is 11.8 Å². The van der Waals surface area contributed by atoms with Crippen LogP contribution in [-0.2, 0) is 0 Å². The summed E-state index contributed by atoms with van der Waals surface area (Å²) in [6, 6.07) is 20.5. The van der Waals surface area contributed by atoms with E-state index in [-0.39, 0.29) is 0 Å². The third-order valence-corrected chi connectivity index (χ3v) is 3.24. The predicted molar refractivity (Wildman–Crippen MR) is 72.7 cm³/mol. The molecule has 0 aliphatic rings. The van der Waals surface area contributed by atoms with E-state index in [0.717, 1.165) is 27.8 Å². The lowest BCUT2D eigenvalue weighted by molar-refractivity contribution is 1.05. The van der Waals surface area contributed by atoms with Crippen molar-refractivity contribution in [1.29, 1.82) is 5.26 Å². The normalized spacial score (nSPS) is 10.4. The van der Waals surface area contributed by atoms with Crippen LogP contribution < -0.4 is 0 Å². The molecule has 3 aromatic rings. The van der Waals surface area contributed by atoms with Crippen molar-refractivity contribution in [1.82, 2.24) is 4.57 Å². The summed E-state index contributed by atoms with van der Waals surface area (Å²) in [5.74, 6) is 0. The number of aromatic nitrogens is 1. The first kappa shape index (κ1) is 10.6. The van der Waals surface area contributed by atoms with E-state index in [4.69, 9.17) is 0 Å². The molecule has 1 heterocycles. The maximum Gasteiger partial charge on any atom is 0.102 e. The second kappa shape index (κ2) is 4.05. The fourth-order valence-corrected chi connectivity index (χ4v) is 2.42. The van der Waals surface area contributed by atoms with Crippen LogP contribution in [0.15, 0.2) is 54.6 Å². The van der Waals surface area contributed by atoms with Crippen LogP contribution in [0.25, 0.3) is 16.6 Å². The van der Waals surface area contributed by atoms with E-state index in [1.165, 1.54) is 0 Å². The highest BCUT2D eigenvalue weighted by molar-refractivity contribution is 5.89. The molecule has 0 atom stereocenters. The fraction of sp³-hybridized carbons (Fsp3) is 0.0625. The summed E-state index contributed by atoms with van der Waals surface area (Å²) < 4.78 is 2.13. The zero-order chi connectivity index (χ0) is 12.5. The Balaban J connectivity index is 2.44. The number of rotatable bonds is 1. The van der Waals surface area contributed by atoms with Crippen molar-refractivity contribution in [2.24, 2.45) is 0 Å². The van der Waals surface area contributed by atoms with Crippen LogP contribution in [0.3, 0.4) is 0 Å². The Morgan fingerprint density at radius 3 is 2.33 bits per heavy atom. The molecule has 0 saturated heterocycles. The molecule has 0 spiro atoms. The molecule has 1 aromatic heterocycles. The Morgan fingerprint density at radius 2 is 1.61 bits per heavy atom. The van der Waals surface area contributed by atoms with Crippen molar-refractivity contribution in [2.45, 2.75) is 6.92 Å². The fourth-order valence-electron chi connectivity index (χ4n) is 2.42. The van der Waals surface area contributed by atoms with Crippen molar-refractivity contribution in [3.05, 3.63) is 65.9 Å². The van der Waals surface area contributed by atoms with Gasteiger partial charge in [0.25, 0.3) is 0 Å². The molecule has 0 fully saturated rings. The summed E-state index contributed by atoms with van der Waals surface area (Å²) in [4.78, 5) is 0. The number of benzene rings is 2. The zero-order valence-electron chi connectivity index (χ0n) is 10.1. The maximum absolute atomic E-state index is 9.31. The minimum Gasteiger partial charge on any atom is -0.313 e. The van der Waals surface area contributed by atoms with Gasteiger partial charge in [-0.05, 0) is 25.1 Å². The monoisotopic (exact) mass is 232 g/mol. The molecule has 0 saturated carbocycles. The van der Waals surface area contributed by atoms with E-state index in [1.54, 1.807) is 0 Å². The summed E-state index contributed by atoms with van der Waals surface area (Å²) in [7, 11) is 0. The van der Waals surface area contributed by atoms with Crippen LogP contribution >= 0.6 is 0 Å². The SMILES string of the molecule is Cc1c(C#N)c2ccccc2n1-c1ccccc1. The number of hydrogen-bond acceptors (Lipinski definition) is 1. The van der Waals surface area contributed by atoms with Gasteiger partial charge in [-0.3, -0.25) is 0 Å². The Labute approximate surface area is 106 Å². The van der Waals surface area contributed by atoms with Gasteiger partial charge in [0.05, 0.1) is 11.1 Å². The summed E-state index contributed by atoms with van der Waals surface area (Å²) in [5.41, 5.74) is 3.92. The van der Waals surface area contributed by atoms with Crippen molar-refractivity contribution < 1.29 is 0 Å². The molecular weight excluding hydrogens is 220 g/mol. The summed E-state index contributed by atoms with van der Waals surface area (Å²) >= 11 is 0. The Kier molecular flexibility index (Phi) is 2.39. The number of hydrogen-bond donors (Lipinski definition) is 0. The molecule has 0 radical (unpaired) electrons. The molecule has 2 nitrogen and oxygen atoms in total. The first-order valence-corrected chi connectivity index (χ1v) is 5.88. The van der Waals surface area contributed by atoms with Gasteiger partial charge in [-0.15, -0.1) is 0 Å². The molecule has 0 N–H and O–H groups in total. The van der Waals surface area contributed by atoms with Crippen LogP contribution in [0, 0.1) is 18.3 Å². The van der Waals surface area contributed by atoms with Gasteiger partial charge in [-0.1, -0.05) is 36.4 Å². The predicted octanol–water partition coefficient (Wildman–Crippen LogP) is 3.81. The molecule has 18 heavy (non-hydrogen) atoms. The van der Waals surface area contributed by atoms with Crippen LogP contribution in [0.5, 0.6) is 0 Å². The molecule has 0 amide bonds. The molecule has 0 aliphatic heterocycles. The third kappa shape index (κ3) is 1.42. The quantitative estimate of drug-likeness (QED) is 0.627. The van der Waals surface area contributed by atoms with E-state index in [9.17, 15) is 5.26 Å². The zero-order valence-corrected chi connectivity index (χ0v) is 10.1. The largest absolute Gasteiger partial charge is 0.313 e. The van der Waals surface area contributed by atoms with Gasteiger partial charge in [0.15, 0.2) is 0 Å². The second-order valence-corrected chi connectivity index (χ2v) is 4.26. The van der Waals surface area contributed by atoms with Crippen LogP contribution in [-0.4, -0.2) is 4.57 Å². The average molecular weight is 232 g/mol. The highest BCUT2D eigenvalue weighted by atomic mass is 15.0. The van der Waals surface area contributed by atoms with E-state index < -0.39 is 0 Å². The molecule has 2 heteroatoms. The summed E-state index contributed by atoms with van der Waals surface area (Å²) in [6.07, 6.45) is 0. The standard InChI is InChI=1S/C16H12N2/c1-12-15(11-17)14-9-5-6-10-16(14)18(12)13-7-3-2-4-8-13/h2-10H,1H3. The van der Waals surface area contributed by atoms with Gasteiger partial charge in [0, 0.05) is 16.8 Å². The Bertz CT molecular complexity index is 746. The Hall–Kier alpha value is -2.53. The van der Waals surface area contributed by atoms with Crippen molar-refractivity contribution >= 4 is 10.9 Å². The molecule has 3 rings (SSSR count). The minimum absolute atomic E-state index is 0.759. The van der Waals surface area contributed by atoms with Gasteiger partial charge in [0.1, 0.15) is 6.07 Å². The van der Waals surface area contributed by atoms with E-state index in [1.807, 2.05) is 43.3 Å². The van der Waals surface area contributed by atoms with Gasteiger partial charge >= 0.3 is 0 Å². The van der Waals surface area contributed by atoms with Gasteiger partial charge in [-0.25, -0.2) is 0 Å². The number of para-hydroxylation sites is 2.